The standard InChI is InChI=1S/C26H35N3O2/c1-25-13-11-21-19(7-9-22-26(21,2)14-12-24(31)29-22)20(25)8-5-17(25)6-10-23(30)28-18-4-3-15-27-16-18/h3-4,12,14-17,19-22H,5-11,13H2,1-2H3,(H,28,30)(H,29,31)/t17-,19+,20+,21+,22?,25-,26-/m1/s1. The molecule has 4 aliphatic rings. The van der Waals surface area contributed by atoms with Gasteiger partial charge in [0.05, 0.1) is 11.9 Å². The lowest BCUT2D eigenvalue weighted by atomic mass is 9.48. The van der Waals surface area contributed by atoms with Gasteiger partial charge in [0.1, 0.15) is 0 Å². The maximum absolute atomic E-state index is 12.5. The summed E-state index contributed by atoms with van der Waals surface area (Å²) in [5, 5.41) is 6.24. The highest BCUT2D eigenvalue weighted by Gasteiger charge is 2.59. The van der Waals surface area contributed by atoms with Gasteiger partial charge in [0.25, 0.3) is 0 Å². The minimum atomic E-state index is 0.0760. The minimum absolute atomic E-state index is 0.0760. The van der Waals surface area contributed by atoms with Crippen molar-refractivity contribution in [2.24, 2.45) is 34.5 Å². The number of nitrogens with one attached hydrogen (secondary N) is 2. The number of amides is 2. The van der Waals surface area contributed by atoms with Gasteiger partial charge in [0.15, 0.2) is 0 Å². The van der Waals surface area contributed by atoms with E-state index in [1.165, 1.54) is 32.1 Å². The number of pyridine rings is 1. The number of nitrogens with zero attached hydrogens (tertiary/aromatic N) is 1. The van der Waals surface area contributed by atoms with Crippen molar-refractivity contribution in [3.05, 3.63) is 36.7 Å². The molecule has 2 N–H and O–H groups in total. The lowest BCUT2D eigenvalue weighted by Gasteiger charge is -2.59. The molecule has 5 rings (SSSR count). The summed E-state index contributed by atoms with van der Waals surface area (Å²) in [6, 6.07) is 4.03. The zero-order valence-electron chi connectivity index (χ0n) is 18.8. The molecule has 166 valence electrons. The molecular weight excluding hydrogens is 386 g/mol. The molecule has 1 unspecified atom stereocenters. The first-order chi connectivity index (χ1) is 14.9. The van der Waals surface area contributed by atoms with Crippen LogP contribution in [0.4, 0.5) is 5.69 Å². The molecule has 0 spiro atoms. The van der Waals surface area contributed by atoms with Gasteiger partial charge in [-0.2, -0.15) is 0 Å². The molecule has 1 aromatic rings. The number of carbonyl (C=O) groups excluding carboxylic acids is 2. The van der Waals surface area contributed by atoms with Crippen molar-refractivity contribution < 1.29 is 9.59 Å². The third kappa shape index (κ3) is 3.50. The summed E-state index contributed by atoms with van der Waals surface area (Å²) >= 11 is 0. The second-order valence-electron chi connectivity index (χ2n) is 10.9. The van der Waals surface area contributed by atoms with E-state index in [0.29, 0.717) is 29.7 Å². The molecule has 3 fully saturated rings. The Hall–Kier alpha value is -2.17. The first kappa shape index (κ1) is 20.7. The van der Waals surface area contributed by atoms with Crippen LogP contribution in [-0.2, 0) is 9.59 Å². The third-order valence-corrected chi connectivity index (χ3v) is 9.55. The van der Waals surface area contributed by atoms with E-state index in [9.17, 15) is 9.59 Å². The van der Waals surface area contributed by atoms with E-state index in [4.69, 9.17) is 0 Å². The van der Waals surface area contributed by atoms with Crippen LogP contribution >= 0.6 is 0 Å². The van der Waals surface area contributed by atoms with Crippen LogP contribution in [0.1, 0.15) is 65.2 Å². The molecule has 1 aromatic heterocycles. The van der Waals surface area contributed by atoms with Crippen LogP contribution in [0.3, 0.4) is 0 Å². The number of rotatable bonds is 4. The monoisotopic (exact) mass is 421 g/mol. The fraction of sp³-hybridized carbons (Fsp3) is 0.654. The van der Waals surface area contributed by atoms with Crippen LogP contribution in [0, 0.1) is 34.5 Å². The van der Waals surface area contributed by atoms with E-state index < -0.39 is 0 Å². The molecule has 2 amide bonds. The molecule has 0 saturated heterocycles. The lowest BCUT2D eigenvalue weighted by molar-refractivity contribution is -0.123. The fourth-order valence-electron chi connectivity index (χ4n) is 7.88. The van der Waals surface area contributed by atoms with Gasteiger partial charge in [-0.05, 0) is 92.2 Å². The quantitative estimate of drug-likeness (QED) is 0.739. The van der Waals surface area contributed by atoms with Gasteiger partial charge in [-0.15, -0.1) is 0 Å². The summed E-state index contributed by atoms with van der Waals surface area (Å²) in [5.41, 5.74) is 1.22. The van der Waals surface area contributed by atoms with Crippen LogP contribution in [0.5, 0.6) is 0 Å². The normalized spacial score (nSPS) is 41.0. The van der Waals surface area contributed by atoms with Gasteiger partial charge in [-0.1, -0.05) is 19.9 Å². The van der Waals surface area contributed by atoms with Crippen molar-refractivity contribution in [2.75, 3.05) is 5.32 Å². The smallest absolute Gasteiger partial charge is 0.243 e. The van der Waals surface area contributed by atoms with E-state index in [1.54, 1.807) is 18.5 Å². The topological polar surface area (TPSA) is 71.1 Å². The summed E-state index contributed by atoms with van der Waals surface area (Å²) in [7, 11) is 0. The van der Waals surface area contributed by atoms with Gasteiger partial charge >= 0.3 is 0 Å². The number of hydrogen-bond acceptors (Lipinski definition) is 3. The average Bonchev–Trinajstić information content (AvgIpc) is 3.10. The molecule has 5 nitrogen and oxygen atoms in total. The van der Waals surface area contributed by atoms with Crippen LogP contribution in [-0.4, -0.2) is 22.8 Å². The Morgan fingerprint density at radius 1 is 1.19 bits per heavy atom. The highest BCUT2D eigenvalue weighted by Crippen LogP contribution is 2.65. The van der Waals surface area contributed by atoms with Gasteiger partial charge in [-0.25, -0.2) is 0 Å². The van der Waals surface area contributed by atoms with Crippen molar-refractivity contribution in [2.45, 2.75) is 71.3 Å². The molecule has 1 aliphatic heterocycles. The van der Waals surface area contributed by atoms with Gasteiger partial charge in [0.2, 0.25) is 11.8 Å². The molecule has 0 aromatic carbocycles. The van der Waals surface area contributed by atoms with Crippen molar-refractivity contribution in [1.29, 1.82) is 0 Å². The Balaban J connectivity index is 1.25. The van der Waals surface area contributed by atoms with Crippen LogP contribution < -0.4 is 10.6 Å². The summed E-state index contributed by atoms with van der Waals surface area (Å²) in [4.78, 5) is 28.5. The third-order valence-electron chi connectivity index (χ3n) is 9.55. The Labute approximate surface area is 185 Å². The summed E-state index contributed by atoms with van der Waals surface area (Å²) < 4.78 is 0. The predicted octanol–water partition coefficient (Wildman–Crippen LogP) is 4.71. The Kier molecular flexibility index (Phi) is 5.18. The Morgan fingerprint density at radius 2 is 2.06 bits per heavy atom. The molecule has 3 aliphatic carbocycles. The average molecular weight is 422 g/mol. The highest BCUT2D eigenvalue weighted by molar-refractivity contribution is 5.90. The molecule has 3 saturated carbocycles. The van der Waals surface area contributed by atoms with E-state index in [2.05, 4.69) is 35.5 Å². The van der Waals surface area contributed by atoms with Crippen LogP contribution in [0.15, 0.2) is 36.7 Å². The van der Waals surface area contributed by atoms with Gasteiger partial charge < -0.3 is 10.6 Å². The van der Waals surface area contributed by atoms with E-state index in [1.807, 2.05) is 12.1 Å². The summed E-state index contributed by atoms with van der Waals surface area (Å²) in [6.45, 7) is 4.89. The minimum Gasteiger partial charge on any atom is -0.349 e. The summed E-state index contributed by atoms with van der Waals surface area (Å²) in [5.74, 6) is 2.96. The van der Waals surface area contributed by atoms with Crippen molar-refractivity contribution in [3.63, 3.8) is 0 Å². The number of aromatic nitrogens is 1. The number of anilines is 1. The Morgan fingerprint density at radius 3 is 2.87 bits per heavy atom. The molecule has 2 heterocycles. The van der Waals surface area contributed by atoms with Crippen molar-refractivity contribution in [3.8, 4) is 0 Å². The molecule has 7 atom stereocenters. The van der Waals surface area contributed by atoms with Crippen LogP contribution in [0.25, 0.3) is 0 Å². The molecular formula is C26H35N3O2. The molecule has 0 bridgehead atoms. The lowest BCUT2D eigenvalue weighted by Crippen LogP contribution is -2.59. The highest BCUT2D eigenvalue weighted by atomic mass is 16.2. The first-order valence-electron chi connectivity index (χ1n) is 12.1. The summed E-state index contributed by atoms with van der Waals surface area (Å²) in [6.07, 6.45) is 16.3. The van der Waals surface area contributed by atoms with E-state index in [-0.39, 0.29) is 17.2 Å². The van der Waals surface area contributed by atoms with E-state index >= 15 is 0 Å². The zero-order chi connectivity index (χ0) is 21.6. The van der Waals surface area contributed by atoms with Crippen LogP contribution in [0.2, 0.25) is 0 Å². The number of hydrogen-bond donors (Lipinski definition) is 2. The molecule has 5 heteroatoms. The second-order valence-corrected chi connectivity index (χ2v) is 10.9. The molecule has 31 heavy (non-hydrogen) atoms. The van der Waals surface area contributed by atoms with Gasteiger partial charge in [-0.3, -0.25) is 14.6 Å². The Bertz CT molecular complexity index is 884. The zero-order valence-corrected chi connectivity index (χ0v) is 18.8. The maximum atomic E-state index is 12.5. The SMILES string of the molecule is C[C@]12CC[C@H]3[C@@H](CCC4NC(=O)C=C[C@@]43C)[C@@H]1CC[C@@H]2CCC(=O)Nc1cccnc1. The van der Waals surface area contributed by atoms with Gasteiger partial charge in [0, 0.05) is 24.1 Å². The second kappa shape index (κ2) is 7.75. The molecule has 0 radical (unpaired) electrons. The number of fused-ring (bicyclic) bond motifs is 5. The fourth-order valence-corrected chi connectivity index (χ4v) is 7.88. The van der Waals surface area contributed by atoms with E-state index in [0.717, 1.165) is 30.4 Å². The van der Waals surface area contributed by atoms with Crippen molar-refractivity contribution in [1.82, 2.24) is 10.3 Å². The number of carbonyl (C=O) groups is 2. The predicted molar refractivity (Wildman–Crippen MR) is 121 cm³/mol. The maximum Gasteiger partial charge on any atom is 0.243 e. The van der Waals surface area contributed by atoms with Crippen molar-refractivity contribution >= 4 is 17.5 Å². The largest absolute Gasteiger partial charge is 0.349 e. The first-order valence-corrected chi connectivity index (χ1v) is 12.1.